The van der Waals surface area contributed by atoms with Crippen LogP contribution in [0.25, 0.3) is 0 Å². The molecule has 0 N–H and O–H groups in total. The Morgan fingerprint density at radius 2 is 2.00 bits per heavy atom. The van der Waals surface area contributed by atoms with Crippen LogP contribution in [0.15, 0.2) is 0 Å². The molecule has 0 spiro atoms. The molecule has 1 saturated heterocycles. The molecule has 1 aliphatic rings. The fraction of sp³-hybridized carbons (Fsp3) is 0.923. The molecule has 5 heteroatoms. The van der Waals surface area contributed by atoms with Gasteiger partial charge >= 0.3 is 9.28 Å². The average molecular weight is 273 g/mol. The maximum Gasteiger partial charge on any atom is 0.324 e. The molecule has 0 radical (unpaired) electrons. The van der Waals surface area contributed by atoms with Crippen molar-refractivity contribution in [3.05, 3.63) is 0 Å². The summed E-state index contributed by atoms with van der Waals surface area (Å²) >= 11 is 0. The van der Waals surface area contributed by atoms with Gasteiger partial charge in [0.15, 0.2) is 0 Å². The van der Waals surface area contributed by atoms with Crippen molar-refractivity contribution in [1.29, 1.82) is 0 Å². The molecule has 18 heavy (non-hydrogen) atoms. The number of likely N-dealkylation sites (tertiary alicyclic amines) is 1. The summed E-state index contributed by atoms with van der Waals surface area (Å²) in [5.41, 5.74) is 0.516. The summed E-state index contributed by atoms with van der Waals surface area (Å²) in [5, 5.41) is 0. The van der Waals surface area contributed by atoms with Gasteiger partial charge in [0.1, 0.15) is 0 Å². The van der Waals surface area contributed by atoms with Crippen molar-refractivity contribution < 1.29 is 13.6 Å². The summed E-state index contributed by atoms with van der Waals surface area (Å²) in [6, 6.07) is 0. The minimum atomic E-state index is -1.51. The van der Waals surface area contributed by atoms with Crippen LogP contribution in [-0.2, 0) is 13.6 Å². The lowest BCUT2D eigenvalue weighted by atomic mass is 10.2. The normalized spacial score (nSPS) is 17.8. The molecule has 0 bridgehead atoms. The number of carbonyl (C=O) groups is 1. The topological polar surface area (TPSA) is 38.8 Å². The van der Waals surface area contributed by atoms with Crippen LogP contribution in [0.4, 0.5) is 0 Å². The third-order valence-electron chi connectivity index (χ3n) is 3.39. The Labute approximate surface area is 112 Å². The Morgan fingerprint density at radius 3 is 2.50 bits per heavy atom. The van der Waals surface area contributed by atoms with Crippen molar-refractivity contribution in [2.75, 3.05) is 26.3 Å². The first-order valence-corrected chi connectivity index (χ1v) is 8.81. The molecule has 1 fully saturated rings. The smallest absolute Gasteiger partial charge is 0.324 e. The van der Waals surface area contributed by atoms with Crippen molar-refractivity contribution in [3.63, 3.8) is 0 Å². The van der Waals surface area contributed by atoms with Gasteiger partial charge in [-0.3, -0.25) is 4.79 Å². The first-order valence-electron chi connectivity index (χ1n) is 7.20. The van der Waals surface area contributed by atoms with Gasteiger partial charge in [0.05, 0.1) is 0 Å². The summed E-state index contributed by atoms with van der Waals surface area (Å²) in [4.78, 5) is 13.5. The van der Waals surface area contributed by atoms with Crippen LogP contribution < -0.4 is 0 Å². The van der Waals surface area contributed by atoms with Crippen molar-refractivity contribution in [2.24, 2.45) is 0 Å². The minimum absolute atomic E-state index is 0.325. The second-order valence-electron chi connectivity index (χ2n) is 4.88. The third kappa shape index (κ3) is 5.08. The standard InChI is InChI=1S/C13H27NO3Si/c1-4-16-18(17-5-2)12(3)8-6-10-14-11-7-9-13(14)15/h12,18H,4-11H2,1-3H3. The zero-order valence-corrected chi connectivity index (χ0v) is 13.1. The van der Waals surface area contributed by atoms with Gasteiger partial charge in [0, 0.05) is 32.7 Å². The third-order valence-corrected chi connectivity index (χ3v) is 5.97. The van der Waals surface area contributed by atoms with Crippen LogP contribution in [0.2, 0.25) is 5.54 Å². The highest BCUT2D eigenvalue weighted by Gasteiger charge is 2.23. The van der Waals surface area contributed by atoms with E-state index in [-0.39, 0.29) is 0 Å². The molecule has 1 amide bonds. The predicted octanol–water partition coefficient (Wildman–Crippen LogP) is 2.07. The molecule has 0 aromatic carbocycles. The number of nitrogens with zero attached hydrogens (tertiary/aromatic N) is 1. The van der Waals surface area contributed by atoms with Gasteiger partial charge in [-0.05, 0) is 38.7 Å². The van der Waals surface area contributed by atoms with Gasteiger partial charge in [-0.2, -0.15) is 0 Å². The minimum Gasteiger partial charge on any atom is -0.397 e. The van der Waals surface area contributed by atoms with E-state index < -0.39 is 9.28 Å². The molecule has 0 aliphatic carbocycles. The summed E-state index contributed by atoms with van der Waals surface area (Å²) < 4.78 is 11.4. The van der Waals surface area contributed by atoms with Gasteiger partial charge in [-0.25, -0.2) is 0 Å². The summed E-state index contributed by atoms with van der Waals surface area (Å²) in [6.45, 7) is 9.60. The van der Waals surface area contributed by atoms with E-state index in [1.165, 1.54) is 0 Å². The molecule has 1 aliphatic heterocycles. The molecular weight excluding hydrogens is 246 g/mol. The lowest BCUT2D eigenvalue weighted by molar-refractivity contribution is -0.127. The van der Waals surface area contributed by atoms with Gasteiger partial charge < -0.3 is 13.8 Å². The maximum atomic E-state index is 11.5. The van der Waals surface area contributed by atoms with Crippen molar-refractivity contribution in [2.45, 2.75) is 52.0 Å². The van der Waals surface area contributed by atoms with Crippen LogP contribution in [0.1, 0.15) is 46.5 Å². The second-order valence-corrected chi connectivity index (χ2v) is 7.42. The fourth-order valence-electron chi connectivity index (χ4n) is 2.39. The molecule has 1 rings (SSSR count). The van der Waals surface area contributed by atoms with Crippen LogP contribution >= 0.6 is 0 Å². The van der Waals surface area contributed by atoms with Crippen molar-refractivity contribution >= 4 is 15.2 Å². The van der Waals surface area contributed by atoms with Gasteiger partial charge in [-0.1, -0.05) is 6.92 Å². The molecule has 0 aromatic rings. The highest BCUT2D eigenvalue weighted by atomic mass is 28.3. The van der Waals surface area contributed by atoms with E-state index in [1.807, 2.05) is 18.7 Å². The first-order chi connectivity index (χ1) is 8.69. The molecule has 106 valence electrons. The van der Waals surface area contributed by atoms with E-state index in [9.17, 15) is 4.79 Å². The van der Waals surface area contributed by atoms with E-state index in [0.29, 0.717) is 11.4 Å². The summed E-state index contributed by atoms with van der Waals surface area (Å²) in [7, 11) is -1.51. The Kier molecular flexibility index (Phi) is 7.54. The van der Waals surface area contributed by atoms with Crippen LogP contribution in [0.3, 0.4) is 0 Å². The predicted molar refractivity (Wildman–Crippen MR) is 74.9 cm³/mol. The van der Waals surface area contributed by atoms with E-state index in [1.54, 1.807) is 0 Å². The number of hydrogen-bond donors (Lipinski definition) is 0. The highest BCUT2D eigenvalue weighted by molar-refractivity contribution is 6.46. The zero-order valence-electron chi connectivity index (χ0n) is 12.0. The van der Waals surface area contributed by atoms with Crippen LogP contribution in [-0.4, -0.2) is 46.4 Å². The summed E-state index contributed by atoms with van der Waals surface area (Å²) in [5.74, 6) is 0.325. The Hall–Kier alpha value is -0.393. The average Bonchev–Trinajstić information content (AvgIpc) is 2.75. The largest absolute Gasteiger partial charge is 0.397 e. The lowest BCUT2D eigenvalue weighted by Crippen LogP contribution is -2.29. The van der Waals surface area contributed by atoms with Gasteiger partial charge in [0.25, 0.3) is 0 Å². The van der Waals surface area contributed by atoms with E-state index in [4.69, 9.17) is 8.85 Å². The molecule has 1 atom stereocenters. The quantitative estimate of drug-likeness (QED) is 0.604. The van der Waals surface area contributed by atoms with E-state index in [0.717, 1.165) is 52.0 Å². The number of rotatable bonds is 9. The monoisotopic (exact) mass is 273 g/mol. The highest BCUT2D eigenvalue weighted by Crippen LogP contribution is 2.20. The zero-order chi connectivity index (χ0) is 13.4. The van der Waals surface area contributed by atoms with E-state index >= 15 is 0 Å². The molecule has 4 nitrogen and oxygen atoms in total. The molecule has 1 heterocycles. The number of hydrogen-bond acceptors (Lipinski definition) is 3. The summed E-state index contributed by atoms with van der Waals surface area (Å²) in [6.07, 6.45) is 3.94. The van der Waals surface area contributed by atoms with Crippen molar-refractivity contribution in [3.8, 4) is 0 Å². The molecule has 0 aromatic heterocycles. The molecule has 0 saturated carbocycles. The van der Waals surface area contributed by atoms with E-state index in [2.05, 4.69) is 6.92 Å². The SMILES string of the molecule is CCO[SiH](OCC)C(C)CCCN1CCCC1=O. The van der Waals surface area contributed by atoms with Crippen LogP contribution in [0, 0.1) is 0 Å². The van der Waals surface area contributed by atoms with Crippen LogP contribution in [0.5, 0.6) is 0 Å². The molecular formula is C13H27NO3Si. The lowest BCUT2D eigenvalue weighted by Gasteiger charge is -2.22. The maximum absolute atomic E-state index is 11.5. The second kappa shape index (κ2) is 8.66. The molecule has 1 unspecified atom stereocenters. The van der Waals surface area contributed by atoms with Gasteiger partial charge in [-0.15, -0.1) is 0 Å². The first kappa shape index (κ1) is 15.7. The Balaban J connectivity index is 2.21. The Morgan fingerprint density at radius 1 is 1.33 bits per heavy atom. The number of amides is 1. The fourth-order valence-corrected chi connectivity index (χ4v) is 4.30. The van der Waals surface area contributed by atoms with Gasteiger partial charge in [0.2, 0.25) is 5.91 Å². The Bertz CT molecular complexity index is 244. The van der Waals surface area contributed by atoms with Crippen molar-refractivity contribution in [1.82, 2.24) is 4.90 Å². The number of carbonyl (C=O) groups excluding carboxylic acids is 1.